The highest BCUT2D eigenvalue weighted by Crippen LogP contribution is 2.30. The van der Waals surface area contributed by atoms with Gasteiger partial charge in [-0.15, -0.1) is 0 Å². The lowest BCUT2D eigenvalue weighted by Crippen LogP contribution is -2.49. The summed E-state index contributed by atoms with van der Waals surface area (Å²) in [6.07, 6.45) is 0. The largest absolute Gasteiger partial charge is 0.495 e. The van der Waals surface area contributed by atoms with Gasteiger partial charge < -0.3 is 14.5 Å². The standard InChI is InChI=1S/C31H33N3O2/c1-21(2)23-10-12-24(13-11-23)28-20-26(25-19-22(3)9-14-27(25)32-28)31(35)34-17-15-33(16-18-34)29-7-5-6-8-30(29)36-4/h5-14,19-21H,15-18H2,1-4H3. The summed E-state index contributed by atoms with van der Waals surface area (Å²) in [4.78, 5) is 23.1. The molecule has 4 aromatic rings. The van der Waals surface area contributed by atoms with Crippen LogP contribution in [0.25, 0.3) is 22.2 Å². The van der Waals surface area contributed by atoms with Crippen LogP contribution in [0, 0.1) is 6.92 Å². The summed E-state index contributed by atoms with van der Waals surface area (Å²) in [6, 6.07) is 24.7. The summed E-state index contributed by atoms with van der Waals surface area (Å²) in [7, 11) is 1.70. The number of piperazine rings is 1. The first-order chi connectivity index (χ1) is 17.4. The molecule has 36 heavy (non-hydrogen) atoms. The van der Waals surface area contributed by atoms with Gasteiger partial charge in [0.15, 0.2) is 0 Å². The molecule has 0 saturated carbocycles. The number of anilines is 1. The molecule has 0 bridgehead atoms. The molecule has 2 heterocycles. The molecule has 1 fully saturated rings. The number of aryl methyl sites for hydroxylation is 1. The van der Waals surface area contributed by atoms with Crippen LogP contribution < -0.4 is 9.64 Å². The quantitative estimate of drug-likeness (QED) is 0.337. The summed E-state index contributed by atoms with van der Waals surface area (Å²) in [5.41, 5.74) is 6.91. The number of carbonyl (C=O) groups excluding carboxylic acids is 1. The summed E-state index contributed by atoms with van der Waals surface area (Å²) < 4.78 is 5.55. The number of carbonyl (C=O) groups is 1. The van der Waals surface area contributed by atoms with Gasteiger partial charge in [-0.3, -0.25) is 4.79 Å². The maximum Gasteiger partial charge on any atom is 0.254 e. The number of amides is 1. The summed E-state index contributed by atoms with van der Waals surface area (Å²) >= 11 is 0. The maximum atomic E-state index is 13.9. The molecule has 0 spiro atoms. The number of nitrogens with zero attached hydrogens (tertiary/aromatic N) is 3. The Morgan fingerprint density at radius 3 is 2.33 bits per heavy atom. The van der Waals surface area contributed by atoms with Crippen molar-refractivity contribution in [2.24, 2.45) is 0 Å². The number of methoxy groups -OCH3 is 1. The van der Waals surface area contributed by atoms with Crippen molar-refractivity contribution in [2.75, 3.05) is 38.2 Å². The van der Waals surface area contributed by atoms with E-state index in [1.165, 1.54) is 5.56 Å². The van der Waals surface area contributed by atoms with Gasteiger partial charge >= 0.3 is 0 Å². The average molecular weight is 480 g/mol. The van der Waals surface area contributed by atoms with Gasteiger partial charge in [-0.05, 0) is 48.7 Å². The first-order valence-electron chi connectivity index (χ1n) is 12.6. The minimum absolute atomic E-state index is 0.0627. The number of rotatable bonds is 5. The van der Waals surface area contributed by atoms with E-state index in [1.807, 2.05) is 35.2 Å². The van der Waals surface area contributed by atoms with Gasteiger partial charge in [0, 0.05) is 37.1 Å². The van der Waals surface area contributed by atoms with E-state index >= 15 is 0 Å². The zero-order chi connectivity index (χ0) is 25.2. The second-order valence-electron chi connectivity index (χ2n) is 9.80. The molecular weight excluding hydrogens is 446 g/mol. The monoisotopic (exact) mass is 479 g/mol. The zero-order valence-corrected chi connectivity index (χ0v) is 21.5. The molecule has 3 aromatic carbocycles. The highest BCUT2D eigenvalue weighted by molar-refractivity contribution is 6.07. The van der Waals surface area contributed by atoms with Crippen molar-refractivity contribution in [1.29, 1.82) is 0 Å². The van der Waals surface area contributed by atoms with Crippen molar-refractivity contribution in [3.05, 3.63) is 89.5 Å². The lowest BCUT2D eigenvalue weighted by molar-refractivity contribution is 0.0748. The molecule has 0 aliphatic carbocycles. The van der Waals surface area contributed by atoms with Gasteiger partial charge in [-0.2, -0.15) is 0 Å². The van der Waals surface area contributed by atoms with Crippen molar-refractivity contribution in [3.8, 4) is 17.0 Å². The van der Waals surface area contributed by atoms with Crippen LogP contribution in [-0.2, 0) is 0 Å². The Hall–Kier alpha value is -3.86. The lowest BCUT2D eigenvalue weighted by atomic mass is 9.98. The van der Waals surface area contributed by atoms with Crippen LogP contribution in [-0.4, -0.2) is 49.1 Å². The molecule has 5 rings (SSSR count). The summed E-state index contributed by atoms with van der Waals surface area (Å²) in [5, 5.41) is 0.912. The van der Waals surface area contributed by atoms with Gasteiger partial charge in [0.05, 0.1) is 29.6 Å². The molecule has 0 unspecified atom stereocenters. The Morgan fingerprint density at radius 1 is 0.917 bits per heavy atom. The fraction of sp³-hybridized carbons (Fsp3) is 0.290. The van der Waals surface area contributed by atoms with Crippen molar-refractivity contribution < 1.29 is 9.53 Å². The van der Waals surface area contributed by atoms with E-state index in [-0.39, 0.29) is 5.91 Å². The maximum absolute atomic E-state index is 13.9. The molecule has 0 N–H and O–H groups in total. The predicted molar refractivity (Wildman–Crippen MR) is 147 cm³/mol. The van der Waals surface area contributed by atoms with E-state index in [0.29, 0.717) is 19.0 Å². The number of para-hydroxylation sites is 2. The third-order valence-electron chi connectivity index (χ3n) is 7.06. The fourth-order valence-corrected chi connectivity index (χ4v) is 4.92. The minimum Gasteiger partial charge on any atom is -0.495 e. The summed E-state index contributed by atoms with van der Waals surface area (Å²) in [6.45, 7) is 9.27. The van der Waals surface area contributed by atoms with Crippen LogP contribution in [0.1, 0.15) is 41.3 Å². The van der Waals surface area contributed by atoms with Gasteiger partial charge in [0.25, 0.3) is 5.91 Å². The zero-order valence-electron chi connectivity index (χ0n) is 21.5. The molecule has 0 radical (unpaired) electrons. The second kappa shape index (κ2) is 10.0. The lowest BCUT2D eigenvalue weighted by Gasteiger charge is -2.36. The van der Waals surface area contributed by atoms with Crippen molar-refractivity contribution in [3.63, 3.8) is 0 Å². The van der Waals surface area contributed by atoms with Crippen LogP contribution in [0.5, 0.6) is 5.75 Å². The molecular formula is C31H33N3O2. The van der Waals surface area contributed by atoms with Gasteiger partial charge in [0.2, 0.25) is 0 Å². The Bertz CT molecular complexity index is 1390. The number of hydrogen-bond acceptors (Lipinski definition) is 4. The van der Waals surface area contributed by atoms with Crippen molar-refractivity contribution >= 4 is 22.5 Å². The second-order valence-corrected chi connectivity index (χ2v) is 9.80. The molecule has 1 aliphatic rings. The minimum atomic E-state index is 0.0627. The number of aromatic nitrogens is 1. The number of pyridine rings is 1. The topological polar surface area (TPSA) is 45.7 Å². The van der Waals surface area contributed by atoms with Crippen LogP contribution in [0.2, 0.25) is 0 Å². The van der Waals surface area contributed by atoms with Gasteiger partial charge in [-0.1, -0.05) is 61.9 Å². The van der Waals surface area contributed by atoms with E-state index in [4.69, 9.17) is 9.72 Å². The average Bonchev–Trinajstić information content (AvgIpc) is 2.92. The number of ether oxygens (including phenoxy) is 1. The van der Waals surface area contributed by atoms with Crippen molar-refractivity contribution in [2.45, 2.75) is 26.7 Å². The van der Waals surface area contributed by atoms with E-state index in [2.05, 4.69) is 68.1 Å². The Morgan fingerprint density at radius 2 is 1.64 bits per heavy atom. The summed E-state index contributed by atoms with van der Waals surface area (Å²) in [5.74, 6) is 1.40. The van der Waals surface area contributed by atoms with Gasteiger partial charge in [-0.25, -0.2) is 4.98 Å². The molecule has 184 valence electrons. The van der Waals surface area contributed by atoms with E-state index in [0.717, 1.165) is 57.8 Å². The Kier molecular flexibility index (Phi) is 6.64. The number of benzene rings is 3. The normalized spacial score (nSPS) is 13.9. The van der Waals surface area contributed by atoms with Crippen LogP contribution in [0.15, 0.2) is 72.8 Å². The SMILES string of the molecule is COc1ccccc1N1CCN(C(=O)c2cc(-c3ccc(C(C)C)cc3)nc3ccc(C)cc23)CC1. The molecule has 1 aliphatic heterocycles. The first kappa shape index (κ1) is 23.9. The number of fused-ring (bicyclic) bond motifs is 1. The third kappa shape index (κ3) is 4.66. The third-order valence-corrected chi connectivity index (χ3v) is 7.06. The fourth-order valence-electron chi connectivity index (χ4n) is 4.92. The van der Waals surface area contributed by atoms with E-state index < -0.39 is 0 Å². The number of hydrogen-bond donors (Lipinski definition) is 0. The molecule has 1 amide bonds. The van der Waals surface area contributed by atoms with E-state index in [1.54, 1.807) is 7.11 Å². The highest BCUT2D eigenvalue weighted by atomic mass is 16.5. The predicted octanol–water partition coefficient (Wildman–Crippen LogP) is 6.30. The van der Waals surface area contributed by atoms with Crippen LogP contribution in [0.4, 0.5) is 5.69 Å². The Labute approximate surface area is 213 Å². The smallest absolute Gasteiger partial charge is 0.254 e. The van der Waals surface area contributed by atoms with Crippen molar-refractivity contribution in [1.82, 2.24) is 9.88 Å². The molecule has 1 aromatic heterocycles. The highest BCUT2D eigenvalue weighted by Gasteiger charge is 2.25. The van der Waals surface area contributed by atoms with Crippen LogP contribution >= 0.6 is 0 Å². The molecule has 5 nitrogen and oxygen atoms in total. The molecule has 0 atom stereocenters. The van der Waals surface area contributed by atoms with Crippen LogP contribution in [0.3, 0.4) is 0 Å². The first-order valence-corrected chi connectivity index (χ1v) is 12.6. The molecule has 1 saturated heterocycles. The van der Waals surface area contributed by atoms with Gasteiger partial charge in [0.1, 0.15) is 5.75 Å². The van der Waals surface area contributed by atoms with E-state index in [9.17, 15) is 4.79 Å². The molecule has 5 heteroatoms. The Balaban J connectivity index is 1.45.